The minimum Gasteiger partial charge on any atom is -0.502 e. The third-order valence-electron chi connectivity index (χ3n) is 9.82. The molecule has 0 spiro atoms. The molecule has 4 amide bonds. The zero-order chi connectivity index (χ0) is 33.6. The molecule has 1 saturated carbocycles. The number of hydrogen-bond donors (Lipinski definition) is 1. The van der Waals surface area contributed by atoms with Crippen molar-refractivity contribution in [3.05, 3.63) is 88.2 Å². The van der Waals surface area contributed by atoms with Gasteiger partial charge in [-0.25, -0.2) is 9.29 Å². The lowest BCUT2D eigenvalue weighted by Crippen LogP contribution is -2.60. The Morgan fingerprint density at radius 1 is 0.851 bits per heavy atom. The fourth-order valence-corrected chi connectivity index (χ4v) is 8.90. The summed E-state index contributed by atoms with van der Waals surface area (Å²) in [5.74, 6) is -6.93. The van der Waals surface area contributed by atoms with Crippen LogP contribution in [0.15, 0.2) is 76.8 Å². The SMILES string of the molecule is COc1cc([C@H]2C3=CC[C@@H]4C(=O)N(c5ccc(Br)cc5)C(=O)[C@@H]4[C@@H]3C[C@@]3(Cl)C(=O)N(c4ccc(F)cc4)C(=O)[C@@]23Cl)cc(OC)c1O. The fraction of sp³-hybridized carbons (Fsp3) is 0.294. The van der Waals surface area contributed by atoms with E-state index in [4.69, 9.17) is 32.7 Å². The van der Waals surface area contributed by atoms with Crippen LogP contribution in [0.3, 0.4) is 0 Å². The van der Waals surface area contributed by atoms with E-state index in [1.54, 1.807) is 30.3 Å². The van der Waals surface area contributed by atoms with Crippen molar-refractivity contribution in [1.29, 1.82) is 0 Å². The second-order valence-corrected chi connectivity index (χ2v) is 14.2. The van der Waals surface area contributed by atoms with Crippen LogP contribution in [0.4, 0.5) is 15.8 Å². The maximum Gasteiger partial charge on any atom is 0.258 e. The number of phenolic OH excluding ortho intramolecular Hbond substituents is 1. The summed E-state index contributed by atoms with van der Waals surface area (Å²) < 4.78 is 25.5. The third kappa shape index (κ3) is 4.32. The van der Waals surface area contributed by atoms with Gasteiger partial charge in [0.1, 0.15) is 5.82 Å². The van der Waals surface area contributed by atoms with Crippen molar-refractivity contribution < 1.29 is 38.1 Å². The van der Waals surface area contributed by atoms with Gasteiger partial charge in [0, 0.05) is 10.4 Å². The number of alkyl halides is 2. The molecule has 0 aromatic heterocycles. The van der Waals surface area contributed by atoms with Gasteiger partial charge in [-0.15, -0.1) is 23.2 Å². The lowest BCUT2D eigenvalue weighted by Gasteiger charge is -2.50. The first-order valence-corrected chi connectivity index (χ1v) is 16.2. The highest BCUT2D eigenvalue weighted by Crippen LogP contribution is 2.66. The van der Waals surface area contributed by atoms with E-state index in [2.05, 4.69) is 15.9 Å². The van der Waals surface area contributed by atoms with Gasteiger partial charge in [0.15, 0.2) is 21.2 Å². The number of hydrogen-bond acceptors (Lipinski definition) is 7. The largest absolute Gasteiger partial charge is 0.502 e. The maximum atomic E-state index is 14.5. The Morgan fingerprint density at radius 2 is 1.43 bits per heavy atom. The van der Waals surface area contributed by atoms with Crippen molar-refractivity contribution in [2.24, 2.45) is 17.8 Å². The van der Waals surface area contributed by atoms with Gasteiger partial charge in [0.25, 0.3) is 11.8 Å². The molecular weight excluding hydrogens is 718 g/mol. The van der Waals surface area contributed by atoms with Crippen LogP contribution in [0, 0.1) is 23.6 Å². The van der Waals surface area contributed by atoms with Crippen LogP contribution in [0.1, 0.15) is 24.3 Å². The minimum atomic E-state index is -2.15. The molecule has 3 fully saturated rings. The van der Waals surface area contributed by atoms with E-state index in [9.17, 15) is 28.7 Å². The summed E-state index contributed by atoms with van der Waals surface area (Å²) in [5, 5.41) is 10.7. The van der Waals surface area contributed by atoms with Crippen molar-refractivity contribution in [3.63, 3.8) is 0 Å². The molecule has 4 aliphatic rings. The van der Waals surface area contributed by atoms with Crippen LogP contribution >= 0.6 is 39.1 Å². The molecule has 0 bridgehead atoms. The van der Waals surface area contributed by atoms with Gasteiger partial charge in [0.2, 0.25) is 17.6 Å². The number of rotatable bonds is 5. The average Bonchev–Trinajstić information content (AvgIpc) is 3.40. The summed E-state index contributed by atoms with van der Waals surface area (Å²) in [6, 6.07) is 14.5. The Labute approximate surface area is 286 Å². The standard InChI is InChI=1S/C34H26BrCl2FN2O7/c1-46-24-13-16(14-25(47-2)28(24)41)27-21-11-12-22-26(30(43)39(29(22)42)19-7-3-17(35)4-8-19)23(21)15-33(36)31(44)40(32(45)34(27,33)37)20-9-5-18(38)6-10-20/h3-11,13-14,22-23,26-27,41H,12,15H2,1-2H3/t22-,23+,26-,27-,33+,34-/m0/s1. The van der Waals surface area contributed by atoms with Gasteiger partial charge in [-0.3, -0.25) is 24.1 Å². The Hall–Kier alpha value is -3.93. The van der Waals surface area contributed by atoms with Crippen LogP contribution < -0.4 is 19.3 Å². The van der Waals surface area contributed by atoms with Gasteiger partial charge in [0.05, 0.1) is 37.4 Å². The lowest BCUT2D eigenvalue weighted by atomic mass is 9.56. The Bertz CT molecular complexity index is 1880. The number of imide groups is 2. The summed E-state index contributed by atoms with van der Waals surface area (Å²) in [6.07, 6.45) is 1.74. The first kappa shape index (κ1) is 31.7. The minimum absolute atomic E-state index is 0.0110. The molecule has 242 valence electrons. The summed E-state index contributed by atoms with van der Waals surface area (Å²) in [7, 11) is 2.68. The van der Waals surface area contributed by atoms with Crippen molar-refractivity contribution in [1.82, 2.24) is 0 Å². The van der Waals surface area contributed by atoms with Crippen LogP contribution in [-0.2, 0) is 19.2 Å². The van der Waals surface area contributed by atoms with Gasteiger partial charge in [-0.2, -0.15) is 0 Å². The summed E-state index contributed by atoms with van der Waals surface area (Å²) in [4.78, 5) is 54.7. The van der Waals surface area contributed by atoms with E-state index in [-0.39, 0.29) is 41.7 Å². The highest BCUT2D eigenvalue weighted by atomic mass is 79.9. The average molecular weight is 744 g/mol. The lowest BCUT2D eigenvalue weighted by molar-refractivity contribution is -0.125. The molecule has 9 nitrogen and oxygen atoms in total. The third-order valence-corrected chi connectivity index (χ3v) is 11.8. The number of nitrogens with zero attached hydrogens (tertiary/aromatic N) is 2. The Kier molecular flexibility index (Phi) is 7.46. The number of benzene rings is 3. The van der Waals surface area contributed by atoms with E-state index in [0.29, 0.717) is 16.8 Å². The number of ether oxygens (including phenoxy) is 2. The number of anilines is 2. The summed E-state index contributed by atoms with van der Waals surface area (Å²) >= 11 is 18.2. The molecule has 47 heavy (non-hydrogen) atoms. The second kappa shape index (κ2) is 11.1. The molecular formula is C34H26BrCl2FN2O7. The number of aromatic hydroxyl groups is 1. The number of allylic oxidation sites excluding steroid dienone is 2. The molecule has 0 unspecified atom stereocenters. The Morgan fingerprint density at radius 3 is 2.02 bits per heavy atom. The van der Waals surface area contributed by atoms with Gasteiger partial charge < -0.3 is 14.6 Å². The normalized spacial score (nSPS) is 29.8. The van der Waals surface area contributed by atoms with Crippen LogP contribution in [0.5, 0.6) is 17.2 Å². The van der Waals surface area contributed by atoms with Crippen molar-refractivity contribution in [3.8, 4) is 17.2 Å². The molecule has 1 N–H and O–H groups in total. The van der Waals surface area contributed by atoms with Crippen LogP contribution in [0.25, 0.3) is 0 Å². The number of methoxy groups -OCH3 is 2. The van der Waals surface area contributed by atoms with Crippen molar-refractivity contribution in [2.75, 3.05) is 24.0 Å². The topological polar surface area (TPSA) is 113 Å². The van der Waals surface area contributed by atoms with Crippen molar-refractivity contribution >= 4 is 74.1 Å². The number of phenols is 1. The number of fused-ring (bicyclic) bond motifs is 4. The maximum absolute atomic E-state index is 14.5. The summed E-state index contributed by atoms with van der Waals surface area (Å²) in [6.45, 7) is 0. The van der Waals surface area contributed by atoms with Gasteiger partial charge >= 0.3 is 0 Å². The predicted octanol–water partition coefficient (Wildman–Crippen LogP) is 6.08. The fourth-order valence-electron chi connectivity index (χ4n) is 7.70. The van der Waals surface area contributed by atoms with E-state index in [1.807, 2.05) is 0 Å². The molecule has 0 radical (unpaired) electrons. The van der Waals surface area contributed by atoms with Crippen LogP contribution in [0.2, 0.25) is 0 Å². The van der Waals surface area contributed by atoms with E-state index >= 15 is 0 Å². The molecule has 7 rings (SSSR count). The quantitative estimate of drug-likeness (QED) is 0.192. The number of halogens is 4. The van der Waals surface area contributed by atoms with E-state index in [1.165, 1.54) is 38.5 Å². The number of carbonyl (C=O) groups excluding carboxylic acids is 4. The Balaban J connectivity index is 1.43. The highest BCUT2D eigenvalue weighted by Gasteiger charge is 2.76. The monoisotopic (exact) mass is 742 g/mol. The molecule has 2 aliphatic carbocycles. The molecule has 2 aliphatic heterocycles. The second-order valence-electron chi connectivity index (χ2n) is 12.0. The van der Waals surface area contributed by atoms with Crippen molar-refractivity contribution in [2.45, 2.75) is 28.5 Å². The molecule has 3 aromatic carbocycles. The van der Waals surface area contributed by atoms with Gasteiger partial charge in [-0.1, -0.05) is 27.6 Å². The first-order valence-electron chi connectivity index (χ1n) is 14.7. The highest BCUT2D eigenvalue weighted by molar-refractivity contribution is 9.10. The van der Waals surface area contributed by atoms with E-state index in [0.717, 1.165) is 26.4 Å². The predicted molar refractivity (Wildman–Crippen MR) is 174 cm³/mol. The molecule has 2 saturated heterocycles. The molecule has 2 heterocycles. The smallest absolute Gasteiger partial charge is 0.258 e. The molecule has 13 heteroatoms. The number of carbonyl (C=O) groups is 4. The molecule has 6 atom stereocenters. The zero-order valence-corrected chi connectivity index (χ0v) is 28.0. The summed E-state index contributed by atoms with van der Waals surface area (Å²) in [5.41, 5.74) is 1.35. The van der Waals surface area contributed by atoms with Crippen LogP contribution in [-0.4, -0.2) is 52.7 Å². The molecule has 3 aromatic rings. The van der Waals surface area contributed by atoms with E-state index < -0.39 is 57.0 Å². The zero-order valence-electron chi connectivity index (χ0n) is 24.9. The van der Waals surface area contributed by atoms with Gasteiger partial charge in [-0.05, 0) is 85.0 Å². The number of amides is 4. The first-order chi connectivity index (χ1) is 22.4.